The summed E-state index contributed by atoms with van der Waals surface area (Å²) < 4.78 is 18.8. The third-order valence-electron chi connectivity index (χ3n) is 2.46. The van der Waals surface area contributed by atoms with Gasteiger partial charge >= 0.3 is 0 Å². The summed E-state index contributed by atoms with van der Waals surface area (Å²) in [5.41, 5.74) is 11.6. The molecule has 0 aromatic heterocycles. The van der Waals surface area contributed by atoms with Gasteiger partial charge in [-0.3, -0.25) is 4.79 Å². The van der Waals surface area contributed by atoms with Crippen LogP contribution in [0.5, 0.6) is 5.75 Å². The van der Waals surface area contributed by atoms with Crippen molar-refractivity contribution in [1.29, 1.82) is 0 Å². The number of hydrogen-bond acceptors (Lipinski definition) is 3. The van der Waals surface area contributed by atoms with Crippen LogP contribution in [0.15, 0.2) is 18.2 Å². The molecule has 100 valence electrons. The summed E-state index contributed by atoms with van der Waals surface area (Å²) in [4.78, 5) is 11.1. The van der Waals surface area contributed by atoms with Gasteiger partial charge in [0.25, 0.3) is 5.91 Å². The first kappa shape index (κ1) is 14.4. The fourth-order valence-corrected chi connectivity index (χ4v) is 1.69. The molecule has 1 aromatic carbocycles. The highest BCUT2D eigenvalue weighted by atomic mass is 19.1. The van der Waals surface area contributed by atoms with Crippen LogP contribution in [0.25, 0.3) is 0 Å². The van der Waals surface area contributed by atoms with Crippen LogP contribution < -0.4 is 16.2 Å². The van der Waals surface area contributed by atoms with Crippen molar-refractivity contribution >= 4 is 5.91 Å². The molecule has 2 unspecified atom stereocenters. The maximum atomic E-state index is 13.4. The Hall–Kier alpha value is -1.62. The minimum Gasteiger partial charge on any atom is -0.481 e. The van der Waals surface area contributed by atoms with E-state index in [9.17, 15) is 9.18 Å². The van der Waals surface area contributed by atoms with Gasteiger partial charge in [-0.25, -0.2) is 4.39 Å². The number of amides is 1. The molecule has 0 saturated heterocycles. The van der Waals surface area contributed by atoms with Crippen molar-refractivity contribution in [2.75, 3.05) is 0 Å². The number of rotatable bonds is 6. The Balaban J connectivity index is 2.88. The van der Waals surface area contributed by atoms with Crippen molar-refractivity contribution in [3.05, 3.63) is 29.6 Å². The number of carbonyl (C=O) groups is 1. The van der Waals surface area contributed by atoms with E-state index < -0.39 is 17.8 Å². The zero-order valence-electron chi connectivity index (χ0n) is 10.7. The Kier molecular flexibility index (Phi) is 5.09. The van der Waals surface area contributed by atoms with Crippen LogP contribution in [-0.2, 0) is 11.2 Å². The van der Waals surface area contributed by atoms with E-state index in [4.69, 9.17) is 16.2 Å². The summed E-state index contributed by atoms with van der Waals surface area (Å²) in [6, 6.07) is 4.24. The molecule has 2 atom stereocenters. The van der Waals surface area contributed by atoms with Crippen molar-refractivity contribution in [2.24, 2.45) is 11.5 Å². The van der Waals surface area contributed by atoms with Crippen LogP contribution in [0.3, 0.4) is 0 Å². The van der Waals surface area contributed by atoms with Gasteiger partial charge in [0, 0.05) is 12.1 Å². The topological polar surface area (TPSA) is 78.3 Å². The Morgan fingerprint density at radius 1 is 1.44 bits per heavy atom. The first-order valence-electron chi connectivity index (χ1n) is 5.93. The van der Waals surface area contributed by atoms with E-state index in [1.807, 2.05) is 6.92 Å². The van der Waals surface area contributed by atoms with Gasteiger partial charge in [-0.15, -0.1) is 0 Å². The van der Waals surface area contributed by atoms with Crippen LogP contribution in [-0.4, -0.2) is 18.1 Å². The molecular weight excluding hydrogens is 235 g/mol. The Morgan fingerprint density at radius 3 is 2.61 bits per heavy atom. The number of primary amides is 1. The van der Waals surface area contributed by atoms with E-state index in [0.717, 1.165) is 5.56 Å². The van der Waals surface area contributed by atoms with E-state index in [0.29, 0.717) is 18.6 Å². The zero-order chi connectivity index (χ0) is 13.7. The van der Waals surface area contributed by atoms with Gasteiger partial charge in [0.2, 0.25) is 0 Å². The van der Waals surface area contributed by atoms with Crippen LogP contribution >= 0.6 is 0 Å². The molecule has 5 heteroatoms. The smallest absolute Gasteiger partial charge is 0.258 e. The molecule has 0 saturated carbocycles. The molecule has 1 amide bonds. The van der Waals surface area contributed by atoms with Crippen molar-refractivity contribution < 1.29 is 13.9 Å². The lowest BCUT2D eigenvalue weighted by Gasteiger charge is -2.15. The van der Waals surface area contributed by atoms with E-state index in [-0.39, 0.29) is 6.04 Å². The molecule has 0 aliphatic rings. The lowest BCUT2D eigenvalue weighted by Crippen LogP contribution is -2.33. The largest absolute Gasteiger partial charge is 0.481 e. The number of benzene rings is 1. The monoisotopic (exact) mass is 254 g/mol. The predicted octanol–water partition coefficient (Wildman–Crippen LogP) is 1.36. The molecule has 0 fully saturated rings. The lowest BCUT2D eigenvalue weighted by atomic mass is 10.1. The van der Waals surface area contributed by atoms with Crippen molar-refractivity contribution in [2.45, 2.75) is 38.8 Å². The quantitative estimate of drug-likeness (QED) is 0.804. The van der Waals surface area contributed by atoms with Gasteiger partial charge in [-0.05, 0) is 37.5 Å². The van der Waals surface area contributed by atoms with Crippen LogP contribution in [0, 0.1) is 5.82 Å². The highest BCUT2D eigenvalue weighted by Crippen LogP contribution is 2.19. The predicted molar refractivity (Wildman–Crippen MR) is 67.7 cm³/mol. The average molecular weight is 254 g/mol. The molecule has 1 aromatic rings. The van der Waals surface area contributed by atoms with Gasteiger partial charge in [0.05, 0.1) is 0 Å². The minimum absolute atomic E-state index is 0.0715. The van der Waals surface area contributed by atoms with E-state index >= 15 is 0 Å². The molecule has 0 bridgehead atoms. The van der Waals surface area contributed by atoms with Crippen LogP contribution in [0.4, 0.5) is 4.39 Å². The molecule has 18 heavy (non-hydrogen) atoms. The van der Waals surface area contributed by atoms with Crippen LogP contribution in [0.2, 0.25) is 0 Å². The summed E-state index contributed by atoms with van der Waals surface area (Å²) in [5.74, 6) is -0.672. The second-order valence-electron chi connectivity index (χ2n) is 4.39. The Bertz CT molecular complexity index is 421. The second-order valence-corrected chi connectivity index (χ2v) is 4.39. The zero-order valence-corrected chi connectivity index (χ0v) is 10.7. The van der Waals surface area contributed by atoms with Gasteiger partial charge in [0.15, 0.2) is 6.10 Å². The Labute approximate surface area is 106 Å². The highest BCUT2D eigenvalue weighted by Gasteiger charge is 2.15. The third-order valence-corrected chi connectivity index (χ3v) is 2.46. The first-order valence-corrected chi connectivity index (χ1v) is 5.93. The maximum Gasteiger partial charge on any atom is 0.258 e. The summed E-state index contributed by atoms with van der Waals surface area (Å²) in [6.45, 7) is 3.61. The molecule has 0 spiro atoms. The van der Waals surface area contributed by atoms with Crippen molar-refractivity contribution in [1.82, 2.24) is 0 Å². The summed E-state index contributed by atoms with van der Waals surface area (Å²) >= 11 is 0. The Morgan fingerprint density at radius 2 is 2.11 bits per heavy atom. The molecule has 4 nitrogen and oxygen atoms in total. The summed E-state index contributed by atoms with van der Waals surface area (Å²) in [7, 11) is 0. The fraction of sp³-hybridized carbons (Fsp3) is 0.462. The fourth-order valence-electron chi connectivity index (χ4n) is 1.69. The van der Waals surface area contributed by atoms with E-state index in [2.05, 4.69) is 0 Å². The number of carbonyl (C=O) groups excluding carboxylic acids is 1. The van der Waals surface area contributed by atoms with E-state index in [1.165, 1.54) is 12.1 Å². The molecule has 0 aliphatic carbocycles. The normalized spacial score (nSPS) is 14.0. The second kappa shape index (κ2) is 6.35. The van der Waals surface area contributed by atoms with Gasteiger partial charge in [0.1, 0.15) is 11.6 Å². The maximum absolute atomic E-state index is 13.4. The average Bonchev–Trinajstić information content (AvgIpc) is 2.23. The van der Waals surface area contributed by atoms with Gasteiger partial charge in [-0.2, -0.15) is 0 Å². The molecule has 0 radical (unpaired) electrons. The summed E-state index contributed by atoms with van der Waals surface area (Å²) in [6.07, 6.45) is 0.241. The number of nitrogens with two attached hydrogens (primary N) is 2. The molecule has 0 heterocycles. The van der Waals surface area contributed by atoms with Crippen molar-refractivity contribution in [3.8, 4) is 5.75 Å². The SMILES string of the molecule is CCC(Oc1cc(F)cc(CC(C)N)c1)C(N)=O. The third kappa shape index (κ3) is 4.33. The number of halogens is 1. The lowest BCUT2D eigenvalue weighted by molar-refractivity contribution is -0.124. The highest BCUT2D eigenvalue weighted by molar-refractivity contribution is 5.79. The summed E-state index contributed by atoms with van der Waals surface area (Å²) in [5, 5.41) is 0. The standard InChI is InChI=1S/C13H19FN2O2/c1-3-12(13(16)17)18-11-6-9(4-8(2)15)5-10(14)7-11/h5-8,12H,3-4,15H2,1-2H3,(H2,16,17). The number of hydrogen-bond donors (Lipinski definition) is 2. The van der Waals surface area contributed by atoms with Gasteiger partial charge < -0.3 is 16.2 Å². The van der Waals surface area contributed by atoms with Crippen LogP contribution in [0.1, 0.15) is 25.8 Å². The van der Waals surface area contributed by atoms with E-state index in [1.54, 1.807) is 13.0 Å². The molecule has 1 rings (SSSR count). The number of ether oxygens (including phenoxy) is 1. The van der Waals surface area contributed by atoms with Crippen molar-refractivity contribution in [3.63, 3.8) is 0 Å². The van der Waals surface area contributed by atoms with Gasteiger partial charge in [-0.1, -0.05) is 6.92 Å². The first-order chi connectivity index (χ1) is 8.42. The minimum atomic E-state index is -0.741. The molecular formula is C13H19FN2O2. The molecule has 4 N–H and O–H groups in total. The molecule has 0 aliphatic heterocycles.